The SMILES string of the molecule is Cn1c(COc2ccccc2Cl)nnc1SCc1nc(N)nc(N)n1. The number of nitrogens with zero attached hydrogens (tertiary/aromatic N) is 6. The van der Waals surface area contributed by atoms with Crippen molar-refractivity contribution in [1.29, 1.82) is 0 Å². The van der Waals surface area contributed by atoms with E-state index in [1.54, 1.807) is 12.1 Å². The number of ether oxygens (including phenoxy) is 1. The van der Waals surface area contributed by atoms with Crippen molar-refractivity contribution in [2.75, 3.05) is 11.5 Å². The molecule has 0 aliphatic carbocycles. The zero-order valence-electron chi connectivity index (χ0n) is 13.3. The number of nitrogen functional groups attached to an aromatic ring is 2. The van der Waals surface area contributed by atoms with Crippen LogP contribution >= 0.6 is 23.4 Å². The molecule has 0 saturated carbocycles. The third-order valence-corrected chi connectivity index (χ3v) is 4.49. The van der Waals surface area contributed by atoms with Crippen LogP contribution in [0.1, 0.15) is 11.6 Å². The molecule has 0 amide bonds. The van der Waals surface area contributed by atoms with E-state index in [2.05, 4.69) is 25.1 Å². The Balaban J connectivity index is 1.64. The van der Waals surface area contributed by atoms with E-state index in [-0.39, 0.29) is 18.5 Å². The lowest BCUT2D eigenvalue weighted by Crippen LogP contribution is -2.06. The fourth-order valence-electron chi connectivity index (χ4n) is 1.95. The minimum atomic E-state index is 0.0925. The highest BCUT2D eigenvalue weighted by molar-refractivity contribution is 7.98. The number of halogens is 1. The van der Waals surface area contributed by atoms with Crippen LogP contribution in [-0.2, 0) is 19.4 Å². The van der Waals surface area contributed by atoms with Gasteiger partial charge >= 0.3 is 0 Å². The quantitative estimate of drug-likeness (QED) is 0.615. The fraction of sp³-hybridized carbons (Fsp3) is 0.214. The number of nitrogens with two attached hydrogens (primary N) is 2. The molecule has 1 aromatic carbocycles. The van der Waals surface area contributed by atoms with Gasteiger partial charge in [0, 0.05) is 7.05 Å². The van der Waals surface area contributed by atoms with E-state index in [0.717, 1.165) is 0 Å². The lowest BCUT2D eigenvalue weighted by atomic mass is 10.3. The van der Waals surface area contributed by atoms with E-state index in [0.29, 0.717) is 33.3 Å². The van der Waals surface area contributed by atoms with Gasteiger partial charge in [0.2, 0.25) is 11.9 Å². The summed E-state index contributed by atoms with van der Waals surface area (Å²) in [6.45, 7) is 0.249. The third-order valence-electron chi connectivity index (χ3n) is 3.17. The third kappa shape index (κ3) is 4.28. The van der Waals surface area contributed by atoms with Crippen molar-refractivity contribution < 1.29 is 4.74 Å². The van der Waals surface area contributed by atoms with Crippen LogP contribution in [0.2, 0.25) is 5.02 Å². The van der Waals surface area contributed by atoms with Gasteiger partial charge in [0.1, 0.15) is 18.2 Å². The molecule has 25 heavy (non-hydrogen) atoms. The Morgan fingerprint density at radius 2 is 1.84 bits per heavy atom. The van der Waals surface area contributed by atoms with Crippen LogP contribution < -0.4 is 16.2 Å². The first-order valence-corrected chi connectivity index (χ1v) is 8.53. The number of benzene rings is 1. The Hall–Kier alpha value is -2.59. The molecular weight excluding hydrogens is 364 g/mol. The predicted molar refractivity (Wildman–Crippen MR) is 95.0 cm³/mol. The molecule has 0 bridgehead atoms. The van der Waals surface area contributed by atoms with Crippen molar-refractivity contribution in [3.05, 3.63) is 40.9 Å². The highest BCUT2D eigenvalue weighted by Crippen LogP contribution is 2.25. The predicted octanol–water partition coefficient (Wildman–Crippen LogP) is 1.69. The molecule has 130 valence electrons. The number of anilines is 2. The largest absolute Gasteiger partial charge is 0.484 e. The zero-order valence-corrected chi connectivity index (χ0v) is 14.8. The monoisotopic (exact) mass is 378 g/mol. The highest BCUT2D eigenvalue weighted by atomic mass is 35.5. The topological polar surface area (TPSA) is 131 Å². The molecule has 0 saturated heterocycles. The zero-order chi connectivity index (χ0) is 17.8. The minimum Gasteiger partial charge on any atom is -0.484 e. The Morgan fingerprint density at radius 1 is 1.12 bits per heavy atom. The van der Waals surface area contributed by atoms with Gasteiger partial charge in [-0.25, -0.2) is 0 Å². The number of aromatic nitrogens is 6. The van der Waals surface area contributed by atoms with E-state index in [1.165, 1.54) is 11.8 Å². The summed E-state index contributed by atoms with van der Waals surface area (Å²) in [5.41, 5.74) is 11.1. The first-order chi connectivity index (χ1) is 12.0. The molecule has 9 nitrogen and oxygen atoms in total. The van der Waals surface area contributed by atoms with E-state index in [1.807, 2.05) is 23.7 Å². The van der Waals surface area contributed by atoms with Crippen LogP contribution in [0.4, 0.5) is 11.9 Å². The molecule has 2 aromatic heterocycles. The lowest BCUT2D eigenvalue weighted by molar-refractivity contribution is 0.290. The lowest BCUT2D eigenvalue weighted by Gasteiger charge is -2.07. The van der Waals surface area contributed by atoms with E-state index in [9.17, 15) is 0 Å². The van der Waals surface area contributed by atoms with Crippen LogP contribution in [0.25, 0.3) is 0 Å². The standard InChI is InChI=1S/C14H15ClN8OS/c1-23-11(6-24-9-5-3-2-4-8(9)15)21-22-14(23)25-7-10-18-12(16)20-13(17)19-10/h2-5H,6-7H2,1H3,(H4,16,17,18,19,20). The molecule has 0 unspecified atom stereocenters. The number of hydrogen-bond acceptors (Lipinski definition) is 9. The van der Waals surface area contributed by atoms with Gasteiger partial charge in [-0.1, -0.05) is 35.5 Å². The molecule has 3 aromatic rings. The maximum Gasteiger partial charge on any atom is 0.225 e. The molecule has 0 radical (unpaired) electrons. The Kier molecular flexibility index (Phi) is 5.19. The van der Waals surface area contributed by atoms with Crippen LogP contribution in [0.15, 0.2) is 29.4 Å². The summed E-state index contributed by atoms with van der Waals surface area (Å²) in [6, 6.07) is 7.25. The van der Waals surface area contributed by atoms with Crippen molar-refractivity contribution in [2.45, 2.75) is 17.5 Å². The van der Waals surface area contributed by atoms with Gasteiger partial charge < -0.3 is 20.8 Å². The summed E-state index contributed by atoms with van der Waals surface area (Å²) >= 11 is 7.47. The van der Waals surface area contributed by atoms with Gasteiger partial charge in [0.25, 0.3) is 0 Å². The van der Waals surface area contributed by atoms with Gasteiger partial charge in [-0.05, 0) is 12.1 Å². The molecule has 0 aliphatic heterocycles. The van der Waals surface area contributed by atoms with Crippen molar-refractivity contribution in [3.63, 3.8) is 0 Å². The van der Waals surface area contributed by atoms with Crippen LogP contribution in [0.5, 0.6) is 5.75 Å². The van der Waals surface area contributed by atoms with Crippen molar-refractivity contribution in [2.24, 2.45) is 7.05 Å². The molecule has 0 aliphatic rings. The average molecular weight is 379 g/mol. The smallest absolute Gasteiger partial charge is 0.225 e. The highest BCUT2D eigenvalue weighted by Gasteiger charge is 2.12. The van der Waals surface area contributed by atoms with Crippen molar-refractivity contribution >= 4 is 35.3 Å². The second-order valence-corrected chi connectivity index (χ2v) is 6.28. The molecule has 0 fully saturated rings. The molecule has 0 atom stereocenters. The molecule has 2 heterocycles. The number of thioether (sulfide) groups is 1. The molecule has 11 heteroatoms. The van der Waals surface area contributed by atoms with E-state index >= 15 is 0 Å². The fourth-order valence-corrected chi connectivity index (χ4v) is 2.93. The average Bonchev–Trinajstić information content (AvgIpc) is 2.91. The summed E-state index contributed by atoms with van der Waals surface area (Å²) in [7, 11) is 1.85. The van der Waals surface area contributed by atoms with Gasteiger partial charge in [-0.15, -0.1) is 10.2 Å². The Labute approximate surface area is 152 Å². The first-order valence-electron chi connectivity index (χ1n) is 7.17. The van der Waals surface area contributed by atoms with Gasteiger partial charge in [-0.3, -0.25) is 0 Å². The minimum absolute atomic E-state index is 0.0925. The summed E-state index contributed by atoms with van der Waals surface area (Å²) in [5, 5.41) is 9.50. The maximum atomic E-state index is 6.07. The van der Waals surface area contributed by atoms with Crippen LogP contribution in [0.3, 0.4) is 0 Å². The Morgan fingerprint density at radius 3 is 2.56 bits per heavy atom. The summed E-state index contributed by atoms with van der Waals surface area (Å²) in [6.07, 6.45) is 0. The summed E-state index contributed by atoms with van der Waals surface area (Å²) in [5.74, 6) is 2.36. The molecular formula is C14H15ClN8OS. The molecule has 3 rings (SSSR count). The van der Waals surface area contributed by atoms with E-state index in [4.69, 9.17) is 27.8 Å². The second-order valence-electron chi connectivity index (χ2n) is 4.93. The Bertz CT molecular complexity index is 867. The molecule has 4 N–H and O–H groups in total. The normalized spacial score (nSPS) is 10.8. The number of hydrogen-bond donors (Lipinski definition) is 2. The van der Waals surface area contributed by atoms with Gasteiger partial charge in [0.05, 0.1) is 10.8 Å². The van der Waals surface area contributed by atoms with Crippen molar-refractivity contribution in [1.82, 2.24) is 29.7 Å². The van der Waals surface area contributed by atoms with E-state index < -0.39 is 0 Å². The van der Waals surface area contributed by atoms with Gasteiger partial charge in [-0.2, -0.15) is 15.0 Å². The summed E-state index contributed by atoms with van der Waals surface area (Å²) < 4.78 is 7.51. The second kappa shape index (κ2) is 7.53. The summed E-state index contributed by atoms with van der Waals surface area (Å²) in [4.78, 5) is 11.8. The van der Waals surface area contributed by atoms with Crippen LogP contribution in [0, 0.1) is 0 Å². The number of para-hydroxylation sites is 1. The maximum absolute atomic E-state index is 6.07. The number of rotatable bonds is 6. The molecule has 0 spiro atoms. The first kappa shape index (κ1) is 17.2. The van der Waals surface area contributed by atoms with Gasteiger partial charge in [0.15, 0.2) is 11.0 Å². The van der Waals surface area contributed by atoms with Crippen LogP contribution in [-0.4, -0.2) is 29.7 Å². The van der Waals surface area contributed by atoms with Crippen molar-refractivity contribution in [3.8, 4) is 5.75 Å².